The van der Waals surface area contributed by atoms with E-state index in [0.29, 0.717) is 0 Å². The molecule has 0 atom stereocenters. The zero-order valence-corrected chi connectivity index (χ0v) is 12.3. The molecule has 0 heterocycles. The maximum absolute atomic E-state index is 4.88. The van der Waals surface area contributed by atoms with Crippen LogP contribution in [0, 0.1) is 0 Å². The molecule has 0 unspecified atom stereocenters. The van der Waals surface area contributed by atoms with E-state index in [1.54, 1.807) is 0 Å². The van der Waals surface area contributed by atoms with Crippen LogP contribution in [-0.2, 0) is 6.42 Å². The molecule has 1 nitrogen and oxygen atoms in total. The lowest BCUT2D eigenvalue weighted by molar-refractivity contribution is 0.903. The van der Waals surface area contributed by atoms with Crippen molar-refractivity contribution < 1.29 is 0 Å². The first-order valence-electron chi connectivity index (χ1n) is 7.67. The molecule has 4 rings (SSSR count). The lowest BCUT2D eigenvalue weighted by atomic mass is 10.1. The molecule has 3 aromatic carbocycles. The molecular formula is C21H17N. The zero-order valence-electron chi connectivity index (χ0n) is 12.3. The highest BCUT2D eigenvalue weighted by molar-refractivity contribution is 5.79. The van der Waals surface area contributed by atoms with Gasteiger partial charge in [-0.1, -0.05) is 78.9 Å². The maximum Gasteiger partial charge on any atom is 0.101 e. The van der Waals surface area contributed by atoms with Crippen molar-refractivity contribution in [2.45, 2.75) is 12.5 Å². The molecule has 1 aliphatic carbocycles. The average Bonchev–Trinajstić information content (AvgIpc) is 2.91. The summed E-state index contributed by atoms with van der Waals surface area (Å²) in [6.45, 7) is 0. The Morgan fingerprint density at radius 3 is 1.86 bits per heavy atom. The van der Waals surface area contributed by atoms with Gasteiger partial charge < -0.3 is 0 Å². The van der Waals surface area contributed by atoms with Gasteiger partial charge in [-0.3, -0.25) is 4.99 Å². The molecule has 22 heavy (non-hydrogen) atoms. The summed E-state index contributed by atoms with van der Waals surface area (Å²) in [6.07, 6.45) is 2.93. The molecule has 0 aromatic heterocycles. The van der Waals surface area contributed by atoms with E-state index in [0.717, 1.165) is 6.42 Å². The van der Waals surface area contributed by atoms with Crippen LogP contribution in [0.1, 0.15) is 22.7 Å². The standard InChI is InChI=1S/C21H17N/c1-2-8-16(9-3-1)14-15-22-21-19-12-6-4-10-17(19)18-11-5-7-13-20(18)21/h1-13,15,21H,14H2. The van der Waals surface area contributed by atoms with Crippen LogP contribution in [0.2, 0.25) is 0 Å². The largest absolute Gasteiger partial charge is 0.284 e. The molecule has 1 aliphatic rings. The van der Waals surface area contributed by atoms with Crippen molar-refractivity contribution in [2.24, 2.45) is 4.99 Å². The fraction of sp³-hybridized carbons (Fsp3) is 0.0952. The Bertz CT molecular complexity index is 773. The molecule has 0 amide bonds. The van der Waals surface area contributed by atoms with E-state index in [9.17, 15) is 0 Å². The number of rotatable bonds is 3. The Morgan fingerprint density at radius 1 is 0.682 bits per heavy atom. The summed E-state index contributed by atoms with van der Waals surface area (Å²) in [5, 5.41) is 0. The van der Waals surface area contributed by atoms with Gasteiger partial charge in [0.25, 0.3) is 0 Å². The molecule has 0 saturated carbocycles. The Labute approximate surface area is 131 Å². The van der Waals surface area contributed by atoms with Gasteiger partial charge in [-0.15, -0.1) is 0 Å². The number of aliphatic imine (C=N–C) groups is 1. The normalized spacial score (nSPS) is 13.3. The summed E-state index contributed by atoms with van der Waals surface area (Å²) < 4.78 is 0. The van der Waals surface area contributed by atoms with Crippen LogP contribution >= 0.6 is 0 Å². The van der Waals surface area contributed by atoms with Crippen molar-refractivity contribution in [2.75, 3.05) is 0 Å². The number of nitrogens with zero attached hydrogens (tertiary/aromatic N) is 1. The van der Waals surface area contributed by atoms with Gasteiger partial charge >= 0.3 is 0 Å². The van der Waals surface area contributed by atoms with Crippen molar-refractivity contribution in [3.63, 3.8) is 0 Å². The second-order valence-electron chi connectivity index (χ2n) is 5.60. The van der Waals surface area contributed by atoms with Crippen LogP contribution in [0.4, 0.5) is 0 Å². The van der Waals surface area contributed by atoms with Gasteiger partial charge in [-0.25, -0.2) is 0 Å². The fourth-order valence-electron chi connectivity index (χ4n) is 3.17. The van der Waals surface area contributed by atoms with Crippen LogP contribution in [-0.4, -0.2) is 6.21 Å². The van der Waals surface area contributed by atoms with Crippen LogP contribution in [0.5, 0.6) is 0 Å². The van der Waals surface area contributed by atoms with Gasteiger partial charge in [0.15, 0.2) is 0 Å². The quantitative estimate of drug-likeness (QED) is 0.595. The SMILES string of the molecule is C(Cc1ccccc1)=NC1c2ccccc2-c2ccccc21. The van der Waals surface area contributed by atoms with E-state index in [1.165, 1.54) is 27.8 Å². The third kappa shape index (κ3) is 2.25. The van der Waals surface area contributed by atoms with Crippen LogP contribution in [0.15, 0.2) is 83.9 Å². The van der Waals surface area contributed by atoms with E-state index in [-0.39, 0.29) is 6.04 Å². The Balaban J connectivity index is 1.67. The van der Waals surface area contributed by atoms with Crippen molar-refractivity contribution >= 4 is 6.21 Å². The molecule has 0 spiro atoms. The zero-order chi connectivity index (χ0) is 14.8. The molecule has 106 valence electrons. The lowest BCUT2D eigenvalue weighted by Gasteiger charge is -2.07. The summed E-state index contributed by atoms with van der Waals surface area (Å²) in [7, 11) is 0. The van der Waals surface area contributed by atoms with Gasteiger partial charge in [0, 0.05) is 12.6 Å². The Hall–Kier alpha value is -2.67. The second-order valence-corrected chi connectivity index (χ2v) is 5.60. The summed E-state index contributed by atoms with van der Waals surface area (Å²) in [4.78, 5) is 4.88. The summed E-state index contributed by atoms with van der Waals surface area (Å²) >= 11 is 0. The smallest absolute Gasteiger partial charge is 0.101 e. The first-order chi connectivity index (χ1) is 10.9. The fourth-order valence-corrected chi connectivity index (χ4v) is 3.17. The molecular weight excluding hydrogens is 266 g/mol. The van der Waals surface area contributed by atoms with Crippen LogP contribution in [0.3, 0.4) is 0 Å². The third-order valence-electron chi connectivity index (χ3n) is 4.23. The van der Waals surface area contributed by atoms with E-state index >= 15 is 0 Å². The first kappa shape index (κ1) is 13.0. The second kappa shape index (κ2) is 5.61. The molecule has 3 aromatic rings. The molecule has 0 bridgehead atoms. The number of hydrogen-bond donors (Lipinski definition) is 0. The van der Waals surface area contributed by atoms with Crippen molar-refractivity contribution in [1.29, 1.82) is 0 Å². The summed E-state index contributed by atoms with van der Waals surface area (Å²) in [5.41, 5.74) is 6.56. The minimum atomic E-state index is 0.135. The summed E-state index contributed by atoms with van der Waals surface area (Å²) in [6, 6.07) is 27.8. The van der Waals surface area contributed by atoms with Gasteiger partial charge in [0.2, 0.25) is 0 Å². The van der Waals surface area contributed by atoms with Crippen LogP contribution in [0.25, 0.3) is 11.1 Å². The highest BCUT2D eigenvalue weighted by atomic mass is 14.8. The van der Waals surface area contributed by atoms with E-state index < -0.39 is 0 Å². The van der Waals surface area contributed by atoms with Gasteiger partial charge in [-0.05, 0) is 27.8 Å². The van der Waals surface area contributed by atoms with Crippen LogP contribution < -0.4 is 0 Å². The van der Waals surface area contributed by atoms with Gasteiger partial charge in [-0.2, -0.15) is 0 Å². The van der Waals surface area contributed by atoms with Gasteiger partial charge in [0.1, 0.15) is 6.04 Å². The molecule has 1 heteroatoms. The van der Waals surface area contributed by atoms with Crippen molar-refractivity contribution in [1.82, 2.24) is 0 Å². The molecule has 0 fully saturated rings. The summed E-state index contributed by atoms with van der Waals surface area (Å²) in [5.74, 6) is 0. The van der Waals surface area contributed by atoms with E-state index in [4.69, 9.17) is 4.99 Å². The Morgan fingerprint density at radius 2 is 1.23 bits per heavy atom. The maximum atomic E-state index is 4.88. The number of benzene rings is 3. The first-order valence-corrected chi connectivity index (χ1v) is 7.67. The Kier molecular flexibility index (Phi) is 3.32. The average molecular weight is 283 g/mol. The highest BCUT2D eigenvalue weighted by Crippen LogP contribution is 2.44. The predicted molar refractivity (Wildman–Crippen MR) is 92.4 cm³/mol. The minimum absolute atomic E-state index is 0.135. The third-order valence-corrected chi connectivity index (χ3v) is 4.23. The number of fused-ring (bicyclic) bond motifs is 3. The monoisotopic (exact) mass is 283 g/mol. The molecule has 0 N–H and O–H groups in total. The molecule has 0 saturated heterocycles. The predicted octanol–water partition coefficient (Wildman–Crippen LogP) is 5.07. The van der Waals surface area contributed by atoms with E-state index in [1.807, 2.05) is 6.07 Å². The molecule has 0 radical (unpaired) electrons. The minimum Gasteiger partial charge on any atom is -0.284 e. The molecule has 0 aliphatic heterocycles. The highest BCUT2D eigenvalue weighted by Gasteiger charge is 2.26. The lowest BCUT2D eigenvalue weighted by Crippen LogP contribution is -1.95. The van der Waals surface area contributed by atoms with Crippen molar-refractivity contribution in [3.05, 3.63) is 95.6 Å². The van der Waals surface area contributed by atoms with Gasteiger partial charge in [0.05, 0.1) is 0 Å². The number of hydrogen-bond acceptors (Lipinski definition) is 1. The topological polar surface area (TPSA) is 12.4 Å². The van der Waals surface area contributed by atoms with E-state index in [2.05, 4.69) is 79.0 Å². The van der Waals surface area contributed by atoms with Crippen molar-refractivity contribution in [3.8, 4) is 11.1 Å².